The van der Waals surface area contributed by atoms with Crippen LogP contribution in [0.5, 0.6) is 0 Å². The van der Waals surface area contributed by atoms with Crippen LogP contribution in [-0.4, -0.2) is 48.3 Å². The maximum absolute atomic E-state index is 12.7. The normalized spacial score (nSPS) is 20.8. The second-order valence-corrected chi connectivity index (χ2v) is 7.34. The highest BCUT2D eigenvalue weighted by atomic mass is 16.3. The van der Waals surface area contributed by atoms with Crippen LogP contribution < -0.4 is 10.2 Å². The highest BCUT2D eigenvalue weighted by Crippen LogP contribution is 2.26. The van der Waals surface area contributed by atoms with E-state index in [2.05, 4.69) is 35.3 Å². The summed E-state index contributed by atoms with van der Waals surface area (Å²) in [6, 6.07) is 6.68. The fourth-order valence-electron chi connectivity index (χ4n) is 4.07. The third kappa shape index (κ3) is 4.46. The van der Waals surface area contributed by atoms with E-state index in [0.717, 1.165) is 38.9 Å². The first-order valence-corrected chi connectivity index (χ1v) is 9.69. The van der Waals surface area contributed by atoms with Gasteiger partial charge in [0.25, 0.3) is 0 Å². The van der Waals surface area contributed by atoms with Gasteiger partial charge in [0.05, 0.1) is 0 Å². The van der Waals surface area contributed by atoms with Crippen molar-refractivity contribution in [3.05, 3.63) is 29.3 Å². The maximum Gasteiger partial charge on any atom is 0.317 e. The molecule has 0 aromatic heterocycles. The summed E-state index contributed by atoms with van der Waals surface area (Å²) in [7, 11) is 0. The van der Waals surface area contributed by atoms with Crippen LogP contribution >= 0.6 is 0 Å². The lowest BCUT2D eigenvalue weighted by molar-refractivity contribution is 0.131. The van der Waals surface area contributed by atoms with Crippen LogP contribution in [0.15, 0.2) is 18.2 Å². The number of amides is 2. The Morgan fingerprint density at radius 3 is 2.72 bits per heavy atom. The number of rotatable bonds is 5. The molecule has 5 nitrogen and oxygen atoms in total. The number of urea groups is 1. The number of nitrogens with one attached hydrogen (secondary N) is 1. The number of anilines is 1. The summed E-state index contributed by atoms with van der Waals surface area (Å²) in [6.07, 6.45) is 6.37. The van der Waals surface area contributed by atoms with Gasteiger partial charge in [-0.15, -0.1) is 0 Å². The van der Waals surface area contributed by atoms with E-state index in [-0.39, 0.29) is 18.7 Å². The minimum atomic E-state index is 0.00565. The second kappa shape index (κ2) is 8.56. The van der Waals surface area contributed by atoms with Crippen LogP contribution in [0, 0.1) is 6.92 Å². The van der Waals surface area contributed by atoms with Crippen molar-refractivity contribution in [3.63, 3.8) is 0 Å². The van der Waals surface area contributed by atoms with Gasteiger partial charge in [-0.1, -0.05) is 12.1 Å². The Morgan fingerprint density at radius 1 is 1.20 bits per heavy atom. The highest BCUT2D eigenvalue weighted by Gasteiger charge is 2.26. The molecule has 2 aliphatic rings. The molecule has 0 saturated carbocycles. The molecule has 3 rings (SSSR count). The number of nitrogens with zero attached hydrogens (tertiary/aromatic N) is 2. The lowest BCUT2D eigenvalue weighted by atomic mass is 10.00. The molecule has 1 atom stereocenters. The Labute approximate surface area is 151 Å². The van der Waals surface area contributed by atoms with Gasteiger partial charge >= 0.3 is 6.03 Å². The van der Waals surface area contributed by atoms with Crippen molar-refractivity contribution in [1.29, 1.82) is 0 Å². The zero-order valence-corrected chi connectivity index (χ0v) is 15.3. The fraction of sp³-hybridized carbons (Fsp3) is 0.650. The Kier molecular flexibility index (Phi) is 6.19. The van der Waals surface area contributed by atoms with Crippen molar-refractivity contribution in [2.24, 2.45) is 0 Å². The molecule has 0 bridgehead atoms. The second-order valence-electron chi connectivity index (χ2n) is 7.34. The average molecular weight is 345 g/mol. The highest BCUT2D eigenvalue weighted by molar-refractivity contribution is 5.75. The summed E-state index contributed by atoms with van der Waals surface area (Å²) < 4.78 is 0. The summed E-state index contributed by atoms with van der Waals surface area (Å²) in [5.74, 6) is 0. The van der Waals surface area contributed by atoms with Crippen LogP contribution in [0.4, 0.5) is 10.5 Å². The van der Waals surface area contributed by atoms with E-state index in [1.807, 2.05) is 4.90 Å². The van der Waals surface area contributed by atoms with Gasteiger partial charge in [0.15, 0.2) is 0 Å². The zero-order valence-electron chi connectivity index (χ0n) is 15.3. The van der Waals surface area contributed by atoms with Crippen molar-refractivity contribution in [3.8, 4) is 0 Å². The first-order chi connectivity index (χ1) is 12.2. The summed E-state index contributed by atoms with van der Waals surface area (Å²) in [4.78, 5) is 17.0. The molecular formula is C20H31N3O2. The van der Waals surface area contributed by atoms with Gasteiger partial charge < -0.3 is 20.2 Å². The van der Waals surface area contributed by atoms with Crippen LogP contribution in [0.2, 0.25) is 0 Å². The van der Waals surface area contributed by atoms with Gasteiger partial charge in [0.1, 0.15) is 0 Å². The van der Waals surface area contributed by atoms with Gasteiger partial charge in [-0.2, -0.15) is 0 Å². The van der Waals surface area contributed by atoms with E-state index < -0.39 is 0 Å². The number of carbonyl (C=O) groups excluding carboxylic acids is 1. The van der Waals surface area contributed by atoms with Crippen LogP contribution in [0.25, 0.3) is 0 Å². The molecule has 5 heteroatoms. The van der Waals surface area contributed by atoms with E-state index >= 15 is 0 Å². The number of piperidine rings is 1. The number of aliphatic hydroxyl groups is 1. The SMILES string of the molecule is Cc1ccc(CNC(=O)N2CCCC[C@@H]2CCO)c(N2CCCC2)c1. The van der Waals surface area contributed by atoms with E-state index in [1.165, 1.54) is 29.7 Å². The Balaban J connectivity index is 1.65. The Hall–Kier alpha value is -1.75. The summed E-state index contributed by atoms with van der Waals surface area (Å²) in [5.41, 5.74) is 3.72. The number of aryl methyl sites for hydroxylation is 1. The van der Waals surface area contributed by atoms with E-state index in [4.69, 9.17) is 0 Å². The van der Waals surface area contributed by atoms with E-state index in [0.29, 0.717) is 13.0 Å². The van der Waals surface area contributed by atoms with Gasteiger partial charge in [-0.05, 0) is 62.6 Å². The van der Waals surface area contributed by atoms with Crippen molar-refractivity contribution >= 4 is 11.7 Å². The molecule has 2 amide bonds. The Morgan fingerprint density at radius 2 is 1.96 bits per heavy atom. The lowest BCUT2D eigenvalue weighted by Gasteiger charge is -2.35. The quantitative estimate of drug-likeness (QED) is 0.862. The summed E-state index contributed by atoms with van der Waals surface area (Å²) in [5, 5.41) is 12.4. The zero-order chi connectivity index (χ0) is 17.6. The maximum atomic E-state index is 12.7. The standard InChI is InChI=1S/C20H31N3O2/c1-16-7-8-17(19(14-16)22-10-4-5-11-22)15-21-20(25)23-12-3-2-6-18(23)9-13-24/h7-8,14,18,24H,2-6,9-13,15H2,1H3,(H,21,25)/t18-/m1/s1. The molecule has 25 heavy (non-hydrogen) atoms. The molecular weight excluding hydrogens is 314 g/mol. The van der Waals surface area contributed by atoms with Crippen molar-refractivity contribution in [2.75, 3.05) is 31.1 Å². The van der Waals surface area contributed by atoms with Crippen molar-refractivity contribution in [1.82, 2.24) is 10.2 Å². The Bertz CT molecular complexity index is 582. The van der Waals surface area contributed by atoms with Crippen LogP contribution in [0.3, 0.4) is 0 Å². The van der Waals surface area contributed by atoms with Gasteiger partial charge in [0, 0.05) is 44.5 Å². The number of aliphatic hydroxyl groups excluding tert-OH is 1. The fourth-order valence-corrected chi connectivity index (χ4v) is 4.07. The summed E-state index contributed by atoms with van der Waals surface area (Å²) in [6.45, 7) is 5.83. The number of benzene rings is 1. The molecule has 2 saturated heterocycles. The number of likely N-dealkylation sites (tertiary alicyclic amines) is 1. The van der Waals surface area contributed by atoms with Crippen LogP contribution in [-0.2, 0) is 6.54 Å². The van der Waals surface area contributed by atoms with Gasteiger partial charge in [-0.3, -0.25) is 0 Å². The third-order valence-corrected chi connectivity index (χ3v) is 5.47. The first-order valence-electron chi connectivity index (χ1n) is 9.69. The van der Waals surface area contributed by atoms with Crippen LogP contribution in [0.1, 0.15) is 49.7 Å². The molecule has 0 radical (unpaired) electrons. The molecule has 2 fully saturated rings. The third-order valence-electron chi connectivity index (χ3n) is 5.47. The monoisotopic (exact) mass is 345 g/mol. The molecule has 2 aliphatic heterocycles. The molecule has 2 heterocycles. The predicted molar refractivity (Wildman–Crippen MR) is 101 cm³/mol. The van der Waals surface area contributed by atoms with Crippen molar-refractivity contribution < 1.29 is 9.90 Å². The van der Waals surface area contributed by atoms with Gasteiger partial charge in [-0.25, -0.2) is 4.79 Å². The smallest absolute Gasteiger partial charge is 0.317 e. The van der Waals surface area contributed by atoms with Gasteiger partial charge in [0.2, 0.25) is 0 Å². The number of carbonyl (C=O) groups is 1. The molecule has 138 valence electrons. The molecule has 0 unspecified atom stereocenters. The lowest BCUT2D eigenvalue weighted by Crippen LogP contribution is -2.48. The summed E-state index contributed by atoms with van der Waals surface area (Å²) >= 11 is 0. The molecule has 0 aliphatic carbocycles. The first kappa shape index (κ1) is 18.1. The molecule has 2 N–H and O–H groups in total. The van der Waals surface area contributed by atoms with E-state index in [1.54, 1.807) is 0 Å². The number of hydrogen-bond donors (Lipinski definition) is 2. The predicted octanol–water partition coefficient (Wildman–Crippen LogP) is 3.04. The molecule has 1 aromatic carbocycles. The topological polar surface area (TPSA) is 55.8 Å². The minimum absolute atomic E-state index is 0.00565. The minimum Gasteiger partial charge on any atom is -0.396 e. The molecule has 1 aromatic rings. The average Bonchev–Trinajstić information content (AvgIpc) is 3.15. The van der Waals surface area contributed by atoms with E-state index in [9.17, 15) is 9.90 Å². The van der Waals surface area contributed by atoms with Crippen molar-refractivity contribution in [2.45, 2.75) is 58.0 Å². The largest absolute Gasteiger partial charge is 0.396 e. The number of hydrogen-bond acceptors (Lipinski definition) is 3. The molecule has 0 spiro atoms.